The molecule has 2 heterocycles. The van der Waals surface area contributed by atoms with Crippen molar-refractivity contribution < 1.29 is 13.9 Å². The number of nitrogen functional groups attached to an aromatic ring is 1. The summed E-state index contributed by atoms with van der Waals surface area (Å²) in [5, 5.41) is 16.7. The summed E-state index contributed by atoms with van der Waals surface area (Å²) >= 11 is 0. The molecular weight excluding hydrogens is 471 g/mol. The molecule has 0 fully saturated rings. The van der Waals surface area contributed by atoms with Crippen molar-refractivity contribution in [2.24, 2.45) is 0 Å². The van der Waals surface area contributed by atoms with Crippen LogP contribution in [0.1, 0.15) is 28.9 Å². The van der Waals surface area contributed by atoms with Crippen LogP contribution in [0.15, 0.2) is 79.0 Å². The Bertz CT molecular complexity index is 1410. The molecule has 0 aliphatic heterocycles. The van der Waals surface area contributed by atoms with E-state index in [-0.39, 0.29) is 23.1 Å². The van der Waals surface area contributed by atoms with Crippen molar-refractivity contribution in [3.63, 3.8) is 0 Å². The van der Waals surface area contributed by atoms with Gasteiger partial charge in [0.15, 0.2) is 0 Å². The number of aryl methyl sites for hydroxylation is 1. The summed E-state index contributed by atoms with van der Waals surface area (Å²) in [4.78, 5) is 16.4. The minimum atomic E-state index is -0.373. The minimum Gasteiger partial charge on any atom is -0.487 e. The van der Waals surface area contributed by atoms with Crippen molar-refractivity contribution in [1.29, 1.82) is 5.26 Å². The maximum atomic E-state index is 13.2. The SMILES string of the molecule is N#Cc1c(CCCNC(=O)/C=C/c2ccc(OCc3ccccn3)cc2)nn(-c2ccc(F)cc2)c1N. The topological polar surface area (TPSA) is 119 Å². The van der Waals surface area contributed by atoms with Crippen LogP contribution >= 0.6 is 0 Å². The summed E-state index contributed by atoms with van der Waals surface area (Å²) in [6.07, 6.45) is 5.92. The molecule has 2 aromatic heterocycles. The van der Waals surface area contributed by atoms with Crippen molar-refractivity contribution in [2.45, 2.75) is 19.4 Å². The van der Waals surface area contributed by atoms with Crippen LogP contribution in [0.3, 0.4) is 0 Å². The van der Waals surface area contributed by atoms with Gasteiger partial charge in [0.05, 0.1) is 17.1 Å². The van der Waals surface area contributed by atoms with Gasteiger partial charge in [0, 0.05) is 18.8 Å². The molecule has 1 amide bonds. The number of hydrogen-bond donors (Lipinski definition) is 2. The van der Waals surface area contributed by atoms with E-state index in [0.717, 1.165) is 11.3 Å². The van der Waals surface area contributed by atoms with E-state index < -0.39 is 0 Å². The van der Waals surface area contributed by atoms with Crippen LogP contribution < -0.4 is 15.8 Å². The highest BCUT2D eigenvalue weighted by atomic mass is 19.1. The molecule has 8 nitrogen and oxygen atoms in total. The van der Waals surface area contributed by atoms with Crippen LogP contribution in [-0.4, -0.2) is 27.2 Å². The second-order valence-corrected chi connectivity index (χ2v) is 8.11. The Labute approximate surface area is 213 Å². The highest BCUT2D eigenvalue weighted by Gasteiger charge is 2.16. The Morgan fingerprint density at radius 1 is 1.14 bits per heavy atom. The van der Waals surface area contributed by atoms with Gasteiger partial charge in [-0.2, -0.15) is 10.4 Å². The number of hydrogen-bond acceptors (Lipinski definition) is 6. The number of nitrogens with two attached hydrogens (primary N) is 1. The molecule has 186 valence electrons. The molecule has 0 aliphatic carbocycles. The van der Waals surface area contributed by atoms with E-state index >= 15 is 0 Å². The average Bonchev–Trinajstić information content (AvgIpc) is 3.25. The molecule has 0 bridgehead atoms. The van der Waals surface area contributed by atoms with E-state index in [4.69, 9.17) is 10.5 Å². The molecule has 37 heavy (non-hydrogen) atoms. The lowest BCUT2D eigenvalue weighted by atomic mass is 10.1. The van der Waals surface area contributed by atoms with Crippen LogP contribution in [0.25, 0.3) is 11.8 Å². The number of amides is 1. The molecule has 0 radical (unpaired) electrons. The Morgan fingerprint density at radius 2 is 1.92 bits per heavy atom. The standard InChI is InChI=1S/C28H25FN6O2/c29-21-9-11-23(12-10-21)35-28(31)25(18-30)26(34-35)5-3-17-33-27(36)15-8-20-6-13-24(14-7-20)37-19-22-4-1-2-16-32-22/h1-2,4,6-16H,3,5,17,19,31H2,(H,33,36)/b15-8+. The van der Waals surface area contributed by atoms with Crippen molar-refractivity contribution in [3.8, 4) is 17.5 Å². The van der Waals surface area contributed by atoms with Gasteiger partial charge in [0.25, 0.3) is 0 Å². The highest BCUT2D eigenvalue weighted by Crippen LogP contribution is 2.21. The first kappa shape index (κ1) is 25.1. The fourth-order valence-corrected chi connectivity index (χ4v) is 3.57. The van der Waals surface area contributed by atoms with Gasteiger partial charge in [-0.3, -0.25) is 9.78 Å². The molecular formula is C28H25FN6O2. The number of aromatic nitrogens is 3. The zero-order valence-corrected chi connectivity index (χ0v) is 20.0. The number of carbonyl (C=O) groups excluding carboxylic acids is 1. The zero-order valence-electron chi connectivity index (χ0n) is 20.0. The normalized spacial score (nSPS) is 10.8. The molecule has 0 saturated heterocycles. The maximum Gasteiger partial charge on any atom is 0.243 e. The van der Waals surface area contributed by atoms with Crippen LogP contribution in [0.4, 0.5) is 10.2 Å². The maximum absolute atomic E-state index is 13.2. The quantitative estimate of drug-likeness (QED) is 0.251. The van der Waals surface area contributed by atoms with E-state index in [0.29, 0.717) is 43.1 Å². The van der Waals surface area contributed by atoms with Gasteiger partial charge in [0.2, 0.25) is 5.91 Å². The predicted octanol–water partition coefficient (Wildman–Crippen LogP) is 4.20. The Hall–Kier alpha value is -4.97. The number of carbonyl (C=O) groups is 1. The summed E-state index contributed by atoms with van der Waals surface area (Å²) in [6, 6.07) is 20.8. The van der Waals surface area contributed by atoms with Gasteiger partial charge in [-0.05, 0) is 73.0 Å². The summed E-state index contributed by atoms with van der Waals surface area (Å²) in [7, 11) is 0. The third-order valence-electron chi connectivity index (χ3n) is 5.49. The summed E-state index contributed by atoms with van der Waals surface area (Å²) < 4.78 is 20.3. The molecule has 4 rings (SSSR count). The molecule has 0 atom stereocenters. The largest absolute Gasteiger partial charge is 0.487 e. The molecule has 3 N–H and O–H groups in total. The molecule has 0 saturated carbocycles. The zero-order chi connectivity index (χ0) is 26.0. The van der Waals surface area contributed by atoms with Crippen molar-refractivity contribution in [2.75, 3.05) is 12.3 Å². The number of ether oxygens (including phenoxy) is 1. The van der Waals surface area contributed by atoms with E-state index in [1.807, 2.05) is 42.5 Å². The third-order valence-corrected chi connectivity index (χ3v) is 5.49. The lowest BCUT2D eigenvalue weighted by Crippen LogP contribution is -2.22. The van der Waals surface area contributed by atoms with E-state index in [1.54, 1.807) is 24.4 Å². The first-order valence-corrected chi connectivity index (χ1v) is 11.7. The fraction of sp³-hybridized carbons (Fsp3) is 0.143. The van der Waals surface area contributed by atoms with Crippen LogP contribution in [0.5, 0.6) is 5.75 Å². The highest BCUT2D eigenvalue weighted by molar-refractivity contribution is 5.91. The number of anilines is 1. The predicted molar refractivity (Wildman–Crippen MR) is 138 cm³/mol. The lowest BCUT2D eigenvalue weighted by molar-refractivity contribution is -0.116. The van der Waals surface area contributed by atoms with Crippen LogP contribution in [0, 0.1) is 17.1 Å². The molecule has 0 aliphatic rings. The van der Waals surface area contributed by atoms with Gasteiger partial charge in [0.1, 0.15) is 35.6 Å². The van der Waals surface area contributed by atoms with E-state index in [2.05, 4.69) is 21.5 Å². The number of benzene rings is 2. The minimum absolute atomic E-state index is 0.198. The summed E-state index contributed by atoms with van der Waals surface area (Å²) in [6.45, 7) is 0.783. The van der Waals surface area contributed by atoms with Gasteiger partial charge >= 0.3 is 0 Å². The van der Waals surface area contributed by atoms with Gasteiger partial charge in [-0.15, -0.1) is 0 Å². The lowest BCUT2D eigenvalue weighted by Gasteiger charge is -2.05. The van der Waals surface area contributed by atoms with Crippen molar-refractivity contribution in [3.05, 3.63) is 107 Å². The Morgan fingerprint density at radius 3 is 2.62 bits per heavy atom. The Balaban J connectivity index is 1.24. The Kier molecular flexibility index (Phi) is 8.24. The number of halogens is 1. The first-order chi connectivity index (χ1) is 18.0. The van der Waals surface area contributed by atoms with E-state index in [9.17, 15) is 14.4 Å². The van der Waals surface area contributed by atoms with Crippen LogP contribution in [-0.2, 0) is 17.8 Å². The molecule has 4 aromatic rings. The second kappa shape index (κ2) is 12.1. The molecule has 0 unspecified atom stereocenters. The number of nitrogens with one attached hydrogen (secondary N) is 1. The number of nitriles is 1. The first-order valence-electron chi connectivity index (χ1n) is 11.7. The number of nitrogens with zero attached hydrogens (tertiary/aromatic N) is 4. The average molecular weight is 497 g/mol. The number of pyridine rings is 1. The van der Waals surface area contributed by atoms with Gasteiger partial charge in [-0.25, -0.2) is 9.07 Å². The molecule has 0 spiro atoms. The van der Waals surface area contributed by atoms with Gasteiger partial charge in [-0.1, -0.05) is 18.2 Å². The second-order valence-electron chi connectivity index (χ2n) is 8.11. The van der Waals surface area contributed by atoms with E-state index in [1.165, 1.54) is 22.9 Å². The molecule has 2 aromatic carbocycles. The monoisotopic (exact) mass is 496 g/mol. The molecule has 9 heteroatoms. The van der Waals surface area contributed by atoms with Crippen molar-refractivity contribution >= 4 is 17.8 Å². The summed E-state index contributed by atoms with van der Waals surface area (Å²) in [5.41, 5.74) is 9.16. The van der Waals surface area contributed by atoms with Crippen molar-refractivity contribution in [1.82, 2.24) is 20.1 Å². The summed E-state index contributed by atoms with van der Waals surface area (Å²) in [5.74, 6) is 0.311. The fourth-order valence-electron chi connectivity index (χ4n) is 3.57. The van der Waals surface area contributed by atoms with Gasteiger partial charge < -0.3 is 15.8 Å². The third kappa shape index (κ3) is 6.80. The smallest absolute Gasteiger partial charge is 0.243 e. The van der Waals surface area contributed by atoms with Crippen LogP contribution in [0.2, 0.25) is 0 Å². The number of rotatable bonds is 10.